The van der Waals surface area contributed by atoms with Gasteiger partial charge in [0.2, 0.25) is 5.91 Å². The first kappa shape index (κ1) is 20.2. The zero-order chi connectivity index (χ0) is 21.1. The van der Waals surface area contributed by atoms with Crippen molar-refractivity contribution in [1.82, 2.24) is 9.88 Å². The summed E-state index contributed by atoms with van der Waals surface area (Å²) in [5.74, 6) is 0.732. The molecule has 1 amide bonds. The van der Waals surface area contributed by atoms with Gasteiger partial charge in [0.05, 0.1) is 7.11 Å². The number of nitrogens with two attached hydrogens (primary N) is 1. The van der Waals surface area contributed by atoms with Crippen LogP contribution >= 0.6 is 0 Å². The number of nitrogens with zero attached hydrogens (tertiary/aromatic N) is 2. The highest BCUT2D eigenvalue weighted by Crippen LogP contribution is 2.28. The minimum atomic E-state index is -0.645. The van der Waals surface area contributed by atoms with Crippen molar-refractivity contribution < 1.29 is 9.53 Å². The molecule has 0 saturated carbocycles. The number of anilines is 1. The minimum Gasteiger partial charge on any atom is -0.497 e. The molecule has 4 rings (SSSR count). The predicted octanol–water partition coefficient (Wildman–Crippen LogP) is 3.65. The van der Waals surface area contributed by atoms with E-state index in [9.17, 15) is 4.79 Å². The van der Waals surface area contributed by atoms with Gasteiger partial charge in [-0.1, -0.05) is 24.3 Å². The van der Waals surface area contributed by atoms with Crippen LogP contribution in [-0.4, -0.2) is 42.0 Å². The molecule has 6 heteroatoms. The molecule has 1 atom stereocenters. The van der Waals surface area contributed by atoms with Gasteiger partial charge in [0.15, 0.2) is 0 Å². The van der Waals surface area contributed by atoms with E-state index in [4.69, 9.17) is 10.5 Å². The number of rotatable bonds is 5. The van der Waals surface area contributed by atoms with Crippen LogP contribution in [0.2, 0.25) is 0 Å². The van der Waals surface area contributed by atoms with E-state index in [-0.39, 0.29) is 5.91 Å². The predicted molar refractivity (Wildman–Crippen MR) is 120 cm³/mol. The summed E-state index contributed by atoms with van der Waals surface area (Å²) in [7, 11) is 1.62. The summed E-state index contributed by atoms with van der Waals surface area (Å²) in [4.78, 5) is 19.1. The molecular weight excluding hydrogens is 376 g/mol. The number of ether oxygens (including phenoxy) is 1. The lowest BCUT2D eigenvalue weighted by atomic mass is 10.0. The van der Waals surface area contributed by atoms with Crippen molar-refractivity contribution in [2.24, 2.45) is 5.73 Å². The largest absolute Gasteiger partial charge is 0.497 e. The van der Waals surface area contributed by atoms with E-state index in [0.29, 0.717) is 19.1 Å². The number of methoxy groups -OCH3 is 1. The van der Waals surface area contributed by atoms with Gasteiger partial charge in [-0.3, -0.25) is 9.78 Å². The SMILES string of the molecule is COc1ccc(C(N)C(=O)N2CCC(Nc3cccc4cncc(C)c34)CC2)cc1. The van der Waals surface area contributed by atoms with Crippen LogP contribution in [-0.2, 0) is 4.79 Å². The summed E-state index contributed by atoms with van der Waals surface area (Å²) >= 11 is 0. The number of likely N-dealkylation sites (tertiary alicyclic amines) is 1. The maximum absolute atomic E-state index is 12.9. The first-order valence-corrected chi connectivity index (χ1v) is 10.3. The van der Waals surface area contributed by atoms with Crippen molar-refractivity contribution in [3.05, 3.63) is 66.0 Å². The molecule has 6 nitrogen and oxygen atoms in total. The van der Waals surface area contributed by atoms with Gasteiger partial charge in [0.25, 0.3) is 0 Å². The summed E-state index contributed by atoms with van der Waals surface area (Å²) in [6, 6.07) is 13.3. The van der Waals surface area contributed by atoms with Gasteiger partial charge in [-0.25, -0.2) is 0 Å². The molecule has 0 aliphatic carbocycles. The highest BCUT2D eigenvalue weighted by molar-refractivity contribution is 5.95. The van der Waals surface area contributed by atoms with Crippen LogP contribution in [0.3, 0.4) is 0 Å². The van der Waals surface area contributed by atoms with E-state index in [1.165, 1.54) is 5.39 Å². The molecule has 1 unspecified atom stereocenters. The summed E-state index contributed by atoms with van der Waals surface area (Å²) in [5, 5.41) is 6.04. The van der Waals surface area contributed by atoms with Gasteiger partial charge >= 0.3 is 0 Å². The molecule has 1 saturated heterocycles. The number of aromatic nitrogens is 1. The van der Waals surface area contributed by atoms with Crippen LogP contribution < -0.4 is 15.8 Å². The topological polar surface area (TPSA) is 80.5 Å². The summed E-state index contributed by atoms with van der Waals surface area (Å²) in [5.41, 5.74) is 9.34. The fraction of sp³-hybridized carbons (Fsp3) is 0.333. The number of fused-ring (bicyclic) bond motifs is 1. The summed E-state index contributed by atoms with van der Waals surface area (Å²) in [6.45, 7) is 3.49. The van der Waals surface area contributed by atoms with E-state index in [2.05, 4.69) is 35.4 Å². The van der Waals surface area contributed by atoms with Crippen LogP contribution in [0.1, 0.15) is 30.0 Å². The Morgan fingerprint density at radius 3 is 2.60 bits per heavy atom. The number of hydrogen-bond donors (Lipinski definition) is 2. The monoisotopic (exact) mass is 404 g/mol. The third kappa shape index (κ3) is 4.09. The van der Waals surface area contributed by atoms with Gasteiger partial charge in [-0.2, -0.15) is 0 Å². The standard InChI is InChI=1S/C24H28N4O2/c1-16-14-26-15-18-4-3-5-21(22(16)18)27-19-10-12-28(13-11-19)24(29)23(25)17-6-8-20(30-2)9-7-17/h3-9,14-15,19,23,27H,10-13,25H2,1-2H3. The molecule has 2 aromatic carbocycles. The molecule has 1 aromatic heterocycles. The van der Waals surface area contributed by atoms with E-state index >= 15 is 0 Å². The van der Waals surface area contributed by atoms with Crippen LogP contribution in [0.25, 0.3) is 10.8 Å². The average Bonchev–Trinajstić information content (AvgIpc) is 2.79. The van der Waals surface area contributed by atoms with Gasteiger partial charge < -0.3 is 20.7 Å². The van der Waals surface area contributed by atoms with Crippen molar-refractivity contribution in [3.63, 3.8) is 0 Å². The zero-order valence-corrected chi connectivity index (χ0v) is 17.5. The van der Waals surface area contributed by atoms with Crippen LogP contribution in [0.15, 0.2) is 54.9 Å². The molecule has 3 aromatic rings. The maximum atomic E-state index is 12.9. The number of amides is 1. The van der Waals surface area contributed by atoms with Crippen LogP contribution in [0.4, 0.5) is 5.69 Å². The minimum absolute atomic E-state index is 0.0225. The lowest BCUT2D eigenvalue weighted by Crippen LogP contribution is -2.45. The number of carbonyl (C=O) groups excluding carboxylic acids is 1. The van der Waals surface area contributed by atoms with Crippen LogP contribution in [0.5, 0.6) is 5.75 Å². The number of pyridine rings is 1. The average molecular weight is 405 g/mol. The van der Waals surface area contributed by atoms with Crippen LogP contribution in [0, 0.1) is 6.92 Å². The Morgan fingerprint density at radius 1 is 1.17 bits per heavy atom. The molecule has 1 fully saturated rings. The normalized spacial score (nSPS) is 15.8. The number of piperidine rings is 1. The second-order valence-electron chi connectivity index (χ2n) is 7.85. The van der Waals surface area contributed by atoms with E-state index in [1.807, 2.05) is 41.6 Å². The first-order valence-electron chi connectivity index (χ1n) is 10.3. The van der Waals surface area contributed by atoms with Crippen molar-refractivity contribution >= 4 is 22.4 Å². The number of carbonyl (C=O) groups is 1. The molecule has 2 heterocycles. The Kier molecular flexibility index (Phi) is 5.86. The molecule has 3 N–H and O–H groups in total. The van der Waals surface area contributed by atoms with Gasteiger partial charge in [0.1, 0.15) is 11.8 Å². The van der Waals surface area contributed by atoms with Crippen molar-refractivity contribution in [1.29, 1.82) is 0 Å². The number of aryl methyl sites for hydroxylation is 1. The van der Waals surface area contributed by atoms with Crippen molar-refractivity contribution in [3.8, 4) is 5.75 Å². The van der Waals surface area contributed by atoms with E-state index in [0.717, 1.165) is 40.8 Å². The molecule has 0 bridgehead atoms. The first-order chi connectivity index (χ1) is 14.6. The fourth-order valence-electron chi connectivity index (χ4n) is 4.15. The molecular formula is C24H28N4O2. The molecule has 1 aliphatic heterocycles. The Balaban J connectivity index is 1.38. The smallest absolute Gasteiger partial charge is 0.244 e. The van der Waals surface area contributed by atoms with Gasteiger partial charge in [-0.05, 0) is 49.1 Å². The molecule has 0 radical (unpaired) electrons. The quantitative estimate of drug-likeness (QED) is 0.678. The van der Waals surface area contributed by atoms with E-state index in [1.54, 1.807) is 7.11 Å². The Morgan fingerprint density at radius 2 is 1.90 bits per heavy atom. The number of nitrogens with one attached hydrogen (secondary N) is 1. The van der Waals surface area contributed by atoms with Crippen molar-refractivity contribution in [2.75, 3.05) is 25.5 Å². The Labute approximate surface area is 177 Å². The third-order valence-electron chi connectivity index (χ3n) is 5.88. The second kappa shape index (κ2) is 8.71. The lowest BCUT2D eigenvalue weighted by Gasteiger charge is -2.34. The maximum Gasteiger partial charge on any atom is 0.244 e. The Bertz CT molecular complexity index is 1020. The number of hydrogen-bond acceptors (Lipinski definition) is 5. The molecule has 1 aliphatic rings. The van der Waals surface area contributed by atoms with Crippen molar-refractivity contribution in [2.45, 2.75) is 31.8 Å². The second-order valence-corrected chi connectivity index (χ2v) is 7.85. The van der Waals surface area contributed by atoms with Gasteiger partial charge in [0, 0.05) is 48.0 Å². The molecule has 0 spiro atoms. The molecule has 156 valence electrons. The summed E-state index contributed by atoms with van der Waals surface area (Å²) in [6.07, 6.45) is 5.58. The summed E-state index contributed by atoms with van der Waals surface area (Å²) < 4.78 is 5.17. The van der Waals surface area contributed by atoms with E-state index < -0.39 is 6.04 Å². The third-order valence-corrected chi connectivity index (χ3v) is 5.88. The van der Waals surface area contributed by atoms with Gasteiger partial charge in [-0.15, -0.1) is 0 Å². The molecule has 30 heavy (non-hydrogen) atoms. The lowest BCUT2D eigenvalue weighted by molar-refractivity contribution is -0.133. The number of benzene rings is 2. The highest BCUT2D eigenvalue weighted by atomic mass is 16.5. The highest BCUT2D eigenvalue weighted by Gasteiger charge is 2.27. The Hall–Kier alpha value is -3.12. The zero-order valence-electron chi connectivity index (χ0n) is 17.5. The fourth-order valence-corrected chi connectivity index (χ4v) is 4.15.